The van der Waals surface area contributed by atoms with Crippen LogP contribution in [0.25, 0.3) is 0 Å². The van der Waals surface area contributed by atoms with E-state index in [1.165, 1.54) is 24.3 Å². The van der Waals surface area contributed by atoms with Crippen molar-refractivity contribution in [1.29, 1.82) is 0 Å². The number of ketones is 1. The molecule has 1 aliphatic heterocycles. The molecule has 0 spiro atoms. The van der Waals surface area contributed by atoms with Crippen LogP contribution in [0, 0.1) is 16.0 Å². The van der Waals surface area contributed by atoms with Gasteiger partial charge in [-0.2, -0.15) is 0 Å². The normalized spacial score (nSPS) is 12.9. The summed E-state index contributed by atoms with van der Waals surface area (Å²) in [6, 6.07) is 7.06. The van der Waals surface area contributed by atoms with Gasteiger partial charge < -0.3 is 19.5 Å². The lowest BCUT2D eigenvalue weighted by atomic mass is 10.0. The number of rotatable bonds is 8. The number of nitro benzene ring substituents is 1. The van der Waals surface area contributed by atoms with Crippen molar-refractivity contribution < 1.29 is 33.5 Å². The van der Waals surface area contributed by atoms with Crippen molar-refractivity contribution in [1.82, 2.24) is 5.32 Å². The smallest absolute Gasteiger partial charge is 0.329 e. The topological polar surface area (TPSA) is 134 Å². The van der Waals surface area contributed by atoms with E-state index in [1.54, 1.807) is 19.9 Å². The molecule has 0 fully saturated rings. The molecule has 0 unspecified atom stereocenters. The number of carbonyl (C=O) groups excluding carboxylic acids is 3. The Kier molecular flexibility index (Phi) is 6.94. The summed E-state index contributed by atoms with van der Waals surface area (Å²) in [5.74, 6) is -1.43. The molecule has 3 rings (SSSR count). The van der Waals surface area contributed by atoms with Crippen molar-refractivity contribution in [3.05, 3.63) is 62.7 Å². The summed E-state index contributed by atoms with van der Waals surface area (Å²) in [6.07, 6.45) is 0. The summed E-state index contributed by atoms with van der Waals surface area (Å²) in [7, 11) is 0. The minimum absolute atomic E-state index is 0.0454. The summed E-state index contributed by atoms with van der Waals surface area (Å²) in [5, 5.41) is 13.4. The molecule has 2 aromatic rings. The van der Waals surface area contributed by atoms with Crippen LogP contribution in [-0.4, -0.2) is 42.0 Å². The van der Waals surface area contributed by atoms with Gasteiger partial charge in [0.05, 0.1) is 4.92 Å². The highest BCUT2D eigenvalue weighted by atomic mass is 35.5. The molecule has 1 aliphatic rings. The van der Waals surface area contributed by atoms with Gasteiger partial charge in [0.25, 0.3) is 11.6 Å². The zero-order valence-corrected chi connectivity index (χ0v) is 17.9. The van der Waals surface area contributed by atoms with Crippen molar-refractivity contribution in [3.63, 3.8) is 0 Å². The van der Waals surface area contributed by atoms with Crippen molar-refractivity contribution in [2.45, 2.75) is 19.9 Å². The van der Waals surface area contributed by atoms with Crippen LogP contribution in [0.5, 0.6) is 11.5 Å². The molecule has 0 bridgehead atoms. The molecule has 1 N–H and O–H groups in total. The number of amides is 1. The fraction of sp³-hybridized carbons (Fsp3) is 0.286. The van der Waals surface area contributed by atoms with Gasteiger partial charge in [0, 0.05) is 17.2 Å². The first-order valence-corrected chi connectivity index (χ1v) is 9.89. The average molecular weight is 463 g/mol. The Balaban J connectivity index is 1.64. The monoisotopic (exact) mass is 462 g/mol. The molecule has 1 heterocycles. The van der Waals surface area contributed by atoms with Gasteiger partial charge in [0.15, 0.2) is 23.9 Å². The lowest BCUT2D eigenvalue weighted by molar-refractivity contribution is -0.384. The first kappa shape index (κ1) is 23.0. The molecular weight excluding hydrogens is 444 g/mol. The third kappa shape index (κ3) is 5.14. The lowest BCUT2D eigenvalue weighted by Crippen LogP contribution is -2.45. The highest BCUT2D eigenvalue weighted by molar-refractivity contribution is 6.32. The van der Waals surface area contributed by atoms with Crippen LogP contribution in [0.15, 0.2) is 36.4 Å². The van der Waals surface area contributed by atoms with Gasteiger partial charge in [0.1, 0.15) is 11.1 Å². The average Bonchev–Trinajstić information content (AvgIpc) is 3.23. The van der Waals surface area contributed by atoms with Crippen LogP contribution < -0.4 is 14.8 Å². The second kappa shape index (κ2) is 9.65. The van der Waals surface area contributed by atoms with E-state index in [-0.39, 0.29) is 28.9 Å². The van der Waals surface area contributed by atoms with Gasteiger partial charge in [0.2, 0.25) is 6.79 Å². The van der Waals surface area contributed by atoms with E-state index in [2.05, 4.69) is 5.32 Å². The van der Waals surface area contributed by atoms with E-state index in [1.807, 2.05) is 0 Å². The predicted octanol–water partition coefficient (Wildman–Crippen LogP) is 3.16. The van der Waals surface area contributed by atoms with Crippen molar-refractivity contribution in [3.8, 4) is 11.5 Å². The molecule has 168 valence electrons. The second-order valence-electron chi connectivity index (χ2n) is 7.22. The molecule has 2 aromatic carbocycles. The maximum atomic E-state index is 12.5. The minimum atomic E-state index is -1.08. The fourth-order valence-electron chi connectivity index (χ4n) is 2.90. The number of benzene rings is 2. The maximum absolute atomic E-state index is 12.5. The van der Waals surface area contributed by atoms with E-state index in [4.69, 9.17) is 25.8 Å². The number of hydrogen-bond donors (Lipinski definition) is 1. The maximum Gasteiger partial charge on any atom is 0.329 e. The number of fused-ring (bicyclic) bond motifs is 1. The Bertz CT molecular complexity index is 1090. The van der Waals surface area contributed by atoms with E-state index < -0.39 is 40.9 Å². The van der Waals surface area contributed by atoms with Gasteiger partial charge in [-0.15, -0.1) is 0 Å². The Labute approximate surface area is 187 Å². The molecular formula is C21H19ClN2O8. The molecule has 0 aliphatic carbocycles. The quantitative estimate of drug-likeness (QED) is 0.273. The molecule has 0 aromatic heterocycles. The summed E-state index contributed by atoms with van der Waals surface area (Å²) < 4.78 is 15.5. The summed E-state index contributed by atoms with van der Waals surface area (Å²) in [4.78, 5) is 47.8. The van der Waals surface area contributed by atoms with Crippen LogP contribution in [0.2, 0.25) is 5.02 Å². The summed E-state index contributed by atoms with van der Waals surface area (Å²) >= 11 is 5.76. The highest BCUT2D eigenvalue weighted by Crippen LogP contribution is 2.32. The van der Waals surface area contributed by atoms with E-state index >= 15 is 0 Å². The first-order valence-electron chi connectivity index (χ1n) is 9.51. The minimum Gasteiger partial charge on any atom is -0.456 e. The van der Waals surface area contributed by atoms with E-state index in [9.17, 15) is 24.5 Å². The number of halogens is 1. The highest BCUT2D eigenvalue weighted by Gasteiger charge is 2.28. The van der Waals surface area contributed by atoms with Crippen LogP contribution >= 0.6 is 11.6 Å². The van der Waals surface area contributed by atoms with Gasteiger partial charge in [-0.1, -0.05) is 25.4 Å². The van der Waals surface area contributed by atoms with Gasteiger partial charge in [-0.05, 0) is 36.2 Å². The van der Waals surface area contributed by atoms with Crippen molar-refractivity contribution in [2.24, 2.45) is 5.92 Å². The Morgan fingerprint density at radius 3 is 2.50 bits per heavy atom. The number of nitro groups is 1. The van der Waals surface area contributed by atoms with E-state index in [0.717, 1.165) is 6.07 Å². The first-order chi connectivity index (χ1) is 15.2. The molecule has 0 saturated heterocycles. The molecule has 1 amide bonds. The summed E-state index contributed by atoms with van der Waals surface area (Å²) in [6.45, 7) is 2.88. The standard InChI is InChI=1S/C21H19ClN2O8/c1-11(2)19(23-20(26)13-3-5-14(22)15(7-13)24(28)29)21(27)30-9-16(25)12-4-6-17-18(8-12)32-10-31-17/h3-8,11,19H,9-10H2,1-2H3,(H,23,26)/t19-/m0/s1. The van der Waals surface area contributed by atoms with Crippen molar-refractivity contribution in [2.75, 3.05) is 13.4 Å². The molecule has 1 atom stereocenters. The van der Waals surface area contributed by atoms with Crippen LogP contribution in [-0.2, 0) is 9.53 Å². The third-order valence-electron chi connectivity index (χ3n) is 4.65. The van der Waals surface area contributed by atoms with Gasteiger partial charge >= 0.3 is 5.97 Å². The van der Waals surface area contributed by atoms with Crippen LogP contribution in [0.3, 0.4) is 0 Å². The number of hydrogen-bond acceptors (Lipinski definition) is 8. The molecule has 0 radical (unpaired) electrons. The largest absolute Gasteiger partial charge is 0.456 e. The number of esters is 1. The Morgan fingerprint density at radius 2 is 1.81 bits per heavy atom. The fourth-order valence-corrected chi connectivity index (χ4v) is 3.08. The Morgan fingerprint density at radius 1 is 1.12 bits per heavy atom. The molecule has 0 saturated carbocycles. The lowest BCUT2D eigenvalue weighted by Gasteiger charge is -2.20. The third-order valence-corrected chi connectivity index (χ3v) is 4.97. The second-order valence-corrected chi connectivity index (χ2v) is 7.62. The number of nitrogens with one attached hydrogen (secondary N) is 1. The number of Topliss-reactive ketones (excluding diaryl/α,β-unsaturated/α-hetero) is 1. The zero-order valence-electron chi connectivity index (χ0n) is 17.1. The zero-order chi connectivity index (χ0) is 23.4. The molecule has 32 heavy (non-hydrogen) atoms. The number of ether oxygens (including phenoxy) is 3. The number of carbonyl (C=O) groups is 3. The van der Waals surface area contributed by atoms with Gasteiger partial charge in [-0.3, -0.25) is 19.7 Å². The van der Waals surface area contributed by atoms with Crippen LogP contribution in [0.1, 0.15) is 34.6 Å². The summed E-state index contributed by atoms with van der Waals surface area (Å²) in [5.41, 5.74) is -0.200. The van der Waals surface area contributed by atoms with Crippen molar-refractivity contribution >= 4 is 34.9 Å². The van der Waals surface area contributed by atoms with E-state index in [0.29, 0.717) is 11.5 Å². The number of nitrogens with zero attached hydrogens (tertiary/aromatic N) is 1. The van der Waals surface area contributed by atoms with Gasteiger partial charge in [-0.25, -0.2) is 4.79 Å². The SMILES string of the molecule is CC(C)[C@H](NC(=O)c1ccc(Cl)c([N+](=O)[O-])c1)C(=O)OCC(=O)c1ccc2c(c1)OCO2. The molecule has 10 nitrogen and oxygen atoms in total. The molecule has 11 heteroatoms. The van der Waals surface area contributed by atoms with Crippen LogP contribution in [0.4, 0.5) is 5.69 Å². The Hall–Kier alpha value is -3.66. The predicted molar refractivity (Wildman–Crippen MR) is 112 cm³/mol.